The second kappa shape index (κ2) is 10.3. The van der Waals surface area contributed by atoms with E-state index in [9.17, 15) is 9.59 Å². The lowest BCUT2D eigenvalue weighted by Gasteiger charge is -2.31. The highest BCUT2D eigenvalue weighted by Crippen LogP contribution is 2.21. The van der Waals surface area contributed by atoms with Gasteiger partial charge in [0.25, 0.3) is 0 Å². The van der Waals surface area contributed by atoms with Crippen LogP contribution >= 0.6 is 27.7 Å². The number of halogens is 1. The van der Waals surface area contributed by atoms with Crippen LogP contribution in [-0.4, -0.2) is 34.0 Å². The fourth-order valence-electron chi connectivity index (χ4n) is 2.71. The van der Waals surface area contributed by atoms with E-state index in [4.69, 9.17) is 0 Å². The fraction of sp³-hybridized carbons (Fsp3) is 0.391. The van der Waals surface area contributed by atoms with Gasteiger partial charge < -0.3 is 10.2 Å². The summed E-state index contributed by atoms with van der Waals surface area (Å²) in [5.41, 5.74) is 1.82. The van der Waals surface area contributed by atoms with E-state index in [1.165, 1.54) is 17.3 Å². The predicted octanol–water partition coefficient (Wildman–Crippen LogP) is 5.18. The van der Waals surface area contributed by atoms with Gasteiger partial charge in [0.2, 0.25) is 11.8 Å². The molecule has 0 unspecified atom stereocenters. The van der Waals surface area contributed by atoms with Gasteiger partial charge in [0, 0.05) is 21.5 Å². The van der Waals surface area contributed by atoms with Crippen molar-refractivity contribution in [2.75, 3.05) is 5.75 Å². The molecule has 2 rings (SSSR count). The Balaban J connectivity index is 2.15. The summed E-state index contributed by atoms with van der Waals surface area (Å²) in [6, 6.07) is 15.3. The molecule has 0 fully saturated rings. The summed E-state index contributed by atoms with van der Waals surface area (Å²) in [5.74, 6) is 0.0746. The number of carbonyl (C=O) groups is 2. The second-order valence-corrected chi connectivity index (χ2v) is 10.1. The number of carbonyl (C=O) groups excluding carboxylic acids is 2. The minimum Gasteiger partial charge on any atom is -0.350 e. The molecule has 2 aromatic rings. The third-order valence-corrected chi connectivity index (χ3v) is 5.84. The van der Waals surface area contributed by atoms with E-state index in [0.29, 0.717) is 6.54 Å². The van der Waals surface area contributed by atoms with Crippen LogP contribution in [0.15, 0.2) is 57.9 Å². The Bertz CT molecular complexity index is 829. The van der Waals surface area contributed by atoms with Crippen molar-refractivity contribution in [3.63, 3.8) is 0 Å². The molecule has 2 amide bonds. The highest BCUT2D eigenvalue weighted by atomic mass is 79.9. The average Bonchev–Trinajstić information content (AvgIpc) is 2.65. The van der Waals surface area contributed by atoms with Crippen molar-refractivity contribution in [2.24, 2.45) is 0 Å². The fourth-order valence-corrected chi connectivity index (χ4v) is 3.75. The first-order valence-corrected chi connectivity index (χ1v) is 11.4. The van der Waals surface area contributed by atoms with Gasteiger partial charge in [0.15, 0.2) is 0 Å². The lowest BCUT2D eigenvalue weighted by molar-refractivity contribution is -0.139. The average molecular weight is 477 g/mol. The van der Waals surface area contributed by atoms with Gasteiger partial charge in [0.05, 0.1) is 5.75 Å². The van der Waals surface area contributed by atoms with Crippen LogP contribution in [0.25, 0.3) is 0 Å². The Hall–Kier alpha value is -1.79. The number of amides is 2. The molecule has 0 aromatic heterocycles. The molecule has 0 saturated carbocycles. The number of thioether (sulfide) groups is 1. The van der Waals surface area contributed by atoms with Crippen LogP contribution in [0.1, 0.15) is 38.8 Å². The maximum absolute atomic E-state index is 13.1. The minimum absolute atomic E-state index is 0.0601. The lowest BCUT2D eigenvalue weighted by Crippen LogP contribution is -2.52. The van der Waals surface area contributed by atoms with Crippen molar-refractivity contribution in [3.05, 3.63) is 64.1 Å². The Labute approximate surface area is 186 Å². The van der Waals surface area contributed by atoms with Crippen LogP contribution in [0.3, 0.4) is 0 Å². The molecule has 0 aliphatic carbocycles. The maximum atomic E-state index is 13.1. The molecule has 1 atom stereocenters. The number of rotatable bonds is 7. The number of hydrogen-bond donors (Lipinski definition) is 1. The largest absolute Gasteiger partial charge is 0.350 e. The number of benzene rings is 2. The zero-order valence-electron chi connectivity index (χ0n) is 17.7. The Morgan fingerprint density at radius 2 is 1.66 bits per heavy atom. The third kappa shape index (κ3) is 7.86. The van der Waals surface area contributed by atoms with E-state index in [1.807, 2.05) is 76.2 Å². The molecular weight excluding hydrogens is 448 g/mol. The summed E-state index contributed by atoms with van der Waals surface area (Å²) in [6.07, 6.45) is 0. The molecule has 0 spiro atoms. The zero-order chi connectivity index (χ0) is 21.6. The topological polar surface area (TPSA) is 49.4 Å². The molecule has 0 saturated heterocycles. The van der Waals surface area contributed by atoms with Crippen molar-refractivity contribution >= 4 is 39.5 Å². The molecule has 29 heavy (non-hydrogen) atoms. The van der Waals surface area contributed by atoms with Gasteiger partial charge in [0.1, 0.15) is 6.04 Å². The summed E-state index contributed by atoms with van der Waals surface area (Å²) < 4.78 is 0.979. The van der Waals surface area contributed by atoms with E-state index >= 15 is 0 Å². The smallest absolute Gasteiger partial charge is 0.242 e. The van der Waals surface area contributed by atoms with Crippen molar-refractivity contribution in [3.8, 4) is 0 Å². The minimum atomic E-state index is -0.566. The zero-order valence-corrected chi connectivity index (χ0v) is 20.1. The van der Waals surface area contributed by atoms with Crippen molar-refractivity contribution in [1.82, 2.24) is 10.2 Å². The molecule has 0 bridgehead atoms. The van der Waals surface area contributed by atoms with Crippen LogP contribution in [0.2, 0.25) is 0 Å². The second-order valence-electron chi connectivity index (χ2n) is 8.17. The van der Waals surface area contributed by atoms with Crippen LogP contribution in [0, 0.1) is 6.92 Å². The lowest BCUT2D eigenvalue weighted by atomic mass is 10.1. The Kier molecular flexibility index (Phi) is 8.34. The Morgan fingerprint density at radius 1 is 1.07 bits per heavy atom. The van der Waals surface area contributed by atoms with Crippen molar-refractivity contribution in [2.45, 2.75) is 57.6 Å². The maximum Gasteiger partial charge on any atom is 0.242 e. The SMILES string of the molecule is Cc1ccc(SCC(=O)N(Cc2ccc(Br)cc2)[C@@H](C)C(=O)NC(C)(C)C)cc1. The van der Waals surface area contributed by atoms with E-state index in [-0.39, 0.29) is 23.1 Å². The van der Waals surface area contributed by atoms with Gasteiger partial charge in [-0.2, -0.15) is 0 Å². The first-order chi connectivity index (χ1) is 13.5. The summed E-state index contributed by atoms with van der Waals surface area (Å²) in [4.78, 5) is 28.5. The molecule has 6 heteroatoms. The van der Waals surface area contributed by atoms with Gasteiger partial charge in [-0.05, 0) is 64.4 Å². The standard InChI is InChI=1S/C23H29BrN2O2S/c1-16-6-12-20(13-7-16)29-15-21(27)26(14-18-8-10-19(24)11-9-18)17(2)22(28)25-23(3,4)5/h6-13,17H,14-15H2,1-5H3,(H,25,28)/t17-/m0/s1. The summed E-state index contributed by atoms with van der Waals surface area (Å²) in [6.45, 7) is 10.0. The summed E-state index contributed by atoms with van der Waals surface area (Å²) in [7, 11) is 0. The monoisotopic (exact) mass is 476 g/mol. The van der Waals surface area contributed by atoms with E-state index < -0.39 is 6.04 Å². The number of nitrogens with one attached hydrogen (secondary N) is 1. The summed E-state index contributed by atoms with van der Waals surface area (Å²) in [5, 5.41) is 2.98. The van der Waals surface area contributed by atoms with E-state index in [0.717, 1.165) is 14.9 Å². The third-order valence-electron chi connectivity index (χ3n) is 4.31. The van der Waals surface area contributed by atoms with Gasteiger partial charge in [-0.25, -0.2) is 0 Å². The predicted molar refractivity (Wildman–Crippen MR) is 124 cm³/mol. The molecule has 4 nitrogen and oxygen atoms in total. The van der Waals surface area contributed by atoms with Crippen LogP contribution in [-0.2, 0) is 16.1 Å². The van der Waals surface area contributed by atoms with E-state index in [2.05, 4.69) is 21.2 Å². The van der Waals surface area contributed by atoms with Gasteiger partial charge >= 0.3 is 0 Å². The summed E-state index contributed by atoms with van der Waals surface area (Å²) >= 11 is 4.92. The molecule has 0 radical (unpaired) electrons. The van der Waals surface area contributed by atoms with Crippen molar-refractivity contribution in [1.29, 1.82) is 0 Å². The van der Waals surface area contributed by atoms with Gasteiger partial charge in [-0.15, -0.1) is 11.8 Å². The number of aryl methyl sites for hydroxylation is 1. The molecular formula is C23H29BrN2O2S. The normalized spacial score (nSPS) is 12.3. The molecule has 0 aliphatic rings. The highest BCUT2D eigenvalue weighted by Gasteiger charge is 2.28. The molecule has 0 aliphatic heterocycles. The molecule has 0 heterocycles. The van der Waals surface area contributed by atoms with E-state index in [1.54, 1.807) is 11.8 Å². The first-order valence-electron chi connectivity index (χ1n) is 9.60. The van der Waals surface area contributed by atoms with Crippen LogP contribution in [0.4, 0.5) is 0 Å². The van der Waals surface area contributed by atoms with Gasteiger partial charge in [-0.3, -0.25) is 9.59 Å². The Morgan fingerprint density at radius 3 is 2.21 bits per heavy atom. The van der Waals surface area contributed by atoms with Crippen molar-refractivity contribution < 1.29 is 9.59 Å². The molecule has 1 N–H and O–H groups in total. The number of hydrogen-bond acceptors (Lipinski definition) is 3. The highest BCUT2D eigenvalue weighted by molar-refractivity contribution is 9.10. The quantitative estimate of drug-likeness (QED) is 0.559. The molecule has 156 valence electrons. The van der Waals surface area contributed by atoms with Gasteiger partial charge in [-0.1, -0.05) is 45.8 Å². The van der Waals surface area contributed by atoms with Crippen LogP contribution < -0.4 is 5.32 Å². The first kappa shape index (κ1) is 23.5. The van der Waals surface area contributed by atoms with Crippen LogP contribution in [0.5, 0.6) is 0 Å². The number of nitrogens with zero attached hydrogens (tertiary/aromatic N) is 1. The molecule has 2 aromatic carbocycles.